The van der Waals surface area contributed by atoms with Crippen LogP contribution in [0.15, 0.2) is 35.7 Å². The van der Waals surface area contributed by atoms with Crippen molar-refractivity contribution in [2.75, 3.05) is 0 Å². The van der Waals surface area contributed by atoms with Crippen LogP contribution in [0.5, 0.6) is 0 Å². The van der Waals surface area contributed by atoms with Crippen LogP contribution in [-0.4, -0.2) is 16.4 Å². The molecule has 2 aromatic rings. The van der Waals surface area contributed by atoms with Gasteiger partial charge in [-0.05, 0) is 0 Å². The summed E-state index contributed by atoms with van der Waals surface area (Å²) in [5.41, 5.74) is 1.59. The number of carbonyl (C=O) groups excluding carboxylic acids is 1. The van der Waals surface area contributed by atoms with Crippen molar-refractivity contribution in [2.45, 2.75) is 0 Å². The van der Waals surface area contributed by atoms with Crippen molar-refractivity contribution in [3.8, 4) is 11.3 Å². The fraction of sp³-hybridized carbons (Fsp3) is 0. The number of nitrogens with zero attached hydrogens (tertiary/aromatic N) is 1. The Kier molecular flexibility index (Phi) is 6.47. The minimum atomic E-state index is -1.22. The van der Waals surface area contributed by atoms with Gasteiger partial charge in [-0.2, -0.15) is 0 Å². The van der Waals surface area contributed by atoms with Crippen molar-refractivity contribution >= 4 is 17.3 Å². The summed E-state index contributed by atoms with van der Waals surface area (Å²) in [7, 11) is 0. The summed E-state index contributed by atoms with van der Waals surface area (Å²) in [5.74, 6) is -1.22. The van der Waals surface area contributed by atoms with Crippen LogP contribution < -0.4 is 34.7 Å². The topological polar surface area (TPSA) is 84.5 Å². The van der Waals surface area contributed by atoms with Gasteiger partial charge in [0.25, 0.3) is 0 Å². The normalized spacial score (nSPS) is 8.75. The maximum atomic E-state index is 10.5. The molecule has 0 radical (unpaired) electrons. The van der Waals surface area contributed by atoms with Crippen molar-refractivity contribution in [1.82, 2.24) is 4.98 Å². The van der Waals surface area contributed by atoms with Gasteiger partial charge in [-0.25, -0.2) is 4.98 Å². The monoisotopic (exact) mass is 245 g/mol. The fourth-order valence-electron chi connectivity index (χ4n) is 1.11. The number of hydrogen-bond donors (Lipinski definition) is 0. The number of carbonyl (C=O) groups is 1. The first-order valence-electron chi connectivity index (χ1n) is 3.99. The first-order chi connectivity index (χ1) is 6.77. The van der Waals surface area contributed by atoms with E-state index in [2.05, 4.69) is 4.98 Å². The molecule has 0 amide bonds. The Labute approximate surface area is 119 Å². The Morgan fingerprint density at radius 2 is 1.88 bits per heavy atom. The van der Waals surface area contributed by atoms with Gasteiger partial charge in [-0.15, -0.1) is 11.3 Å². The molecule has 0 aliphatic carbocycles. The molecule has 78 valence electrons. The molecule has 0 saturated carbocycles. The molecule has 0 aliphatic heterocycles. The smallest absolute Gasteiger partial charge is 0.542 e. The van der Waals surface area contributed by atoms with Crippen LogP contribution in [0.1, 0.15) is 9.80 Å². The Hall–Kier alpha value is -0.720. The predicted octanol–water partition coefficient (Wildman–Crippen LogP) is -2.65. The van der Waals surface area contributed by atoms with Gasteiger partial charge in [0.05, 0.1) is 5.69 Å². The summed E-state index contributed by atoms with van der Waals surface area (Å²) in [6.07, 6.45) is 0. The third kappa shape index (κ3) is 3.40. The Morgan fingerprint density at radius 3 is 2.38 bits per heavy atom. The second-order valence-corrected chi connectivity index (χ2v) is 3.55. The number of aromatic carboxylic acids is 1. The van der Waals surface area contributed by atoms with E-state index in [0.717, 1.165) is 16.9 Å². The molecule has 2 N–H and O–H groups in total. The molecule has 16 heavy (non-hydrogen) atoms. The average Bonchev–Trinajstić information content (AvgIpc) is 2.68. The van der Waals surface area contributed by atoms with Gasteiger partial charge in [-0.1, -0.05) is 30.3 Å². The van der Waals surface area contributed by atoms with Gasteiger partial charge in [0.15, 0.2) is 0 Å². The number of hydrogen-bond acceptors (Lipinski definition) is 4. The van der Waals surface area contributed by atoms with Gasteiger partial charge >= 0.3 is 29.6 Å². The van der Waals surface area contributed by atoms with E-state index in [1.165, 1.54) is 0 Å². The number of rotatable bonds is 2. The van der Waals surface area contributed by atoms with Crippen molar-refractivity contribution < 1.29 is 44.9 Å². The zero-order valence-corrected chi connectivity index (χ0v) is 11.5. The van der Waals surface area contributed by atoms with Crippen molar-refractivity contribution in [3.63, 3.8) is 0 Å². The molecule has 0 bridgehead atoms. The van der Waals surface area contributed by atoms with Gasteiger partial charge < -0.3 is 15.4 Å². The summed E-state index contributed by atoms with van der Waals surface area (Å²) >= 11 is 1.08. The van der Waals surface area contributed by atoms with E-state index in [1.807, 2.05) is 30.3 Å². The van der Waals surface area contributed by atoms with Crippen LogP contribution in [-0.2, 0) is 0 Å². The summed E-state index contributed by atoms with van der Waals surface area (Å²) in [6.45, 7) is 0. The second-order valence-electron chi connectivity index (χ2n) is 2.69. The van der Waals surface area contributed by atoms with Crippen LogP contribution in [0.3, 0.4) is 0 Å². The van der Waals surface area contributed by atoms with E-state index in [4.69, 9.17) is 0 Å². The number of carboxylic acids is 1. The van der Waals surface area contributed by atoms with Crippen LogP contribution in [0.2, 0.25) is 0 Å². The molecule has 0 saturated heterocycles. The molecule has 0 fully saturated rings. The standard InChI is InChI=1S/C10H7NO2S.Na.H2O/c12-10(13)9-11-8(6-14-9)7-4-2-1-3-5-7;;/h1-6H,(H,12,13);;1H2/q;+1;/p-1. The minimum absolute atomic E-state index is 0. The van der Waals surface area contributed by atoms with E-state index in [9.17, 15) is 9.90 Å². The van der Waals surface area contributed by atoms with Crippen molar-refractivity contribution in [2.24, 2.45) is 0 Å². The molecule has 1 heterocycles. The first kappa shape index (κ1) is 15.3. The number of aromatic nitrogens is 1. The summed E-state index contributed by atoms with van der Waals surface area (Å²) in [4.78, 5) is 14.4. The minimum Gasteiger partial charge on any atom is -0.542 e. The fourth-order valence-corrected chi connectivity index (χ4v) is 1.77. The third-order valence-electron chi connectivity index (χ3n) is 1.75. The van der Waals surface area contributed by atoms with Crippen molar-refractivity contribution in [3.05, 3.63) is 40.7 Å². The quantitative estimate of drug-likeness (QED) is 0.542. The molecule has 4 nitrogen and oxygen atoms in total. The van der Waals surface area contributed by atoms with Crippen molar-refractivity contribution in [1.29, 1.82) is 0 Å². The molecule has 2 rings (SSSR count). The molecule has 1 aromatic carbocycles. The molecule has 0 aliphatic rings. The van der Waals surface area contributed by atoms with Crippen LogP contribution in [0.25, 0.3) is 11.3 Å². The summed E-state index contributed by atoms with van der Waals surface area (Å²) in [6, 6.07) is 9.43. The van der Waals surface area contributed by atoms with E-state index in [0.29, 0.717) is 5.69 Å². The first-order valence-corrected chi connectivity index (χ1v) is 4.87. The summed E-state index contributed by atoms with van der Waals surface area (Å²) < 4.78 is 0. The maximum Gasteiger partial charge on any atom is 1.00 e. The van der Waals surface area contributed by atoms with E-state index >= 15 is 0 Å². The molecule has 0 atom stereocenters. The SMILES string of the molecule is O.O=C([O-])c1nc(-c2ccccc2)cs1.[Na+]. The van der Waals surface area contributed by atoms with E-state index in [1.54, 1.807) is 5.38 Å². The van der Waals surface area contributed by atoms with E-state index < -0.39 is 5.97 Å². The third-order valence-corrected chi connectivity index (χ3v) is 2.57. The molecular formula is C10H8NNaO3S. The van der Waals surface area contributed by atoms with Crippen LogP contribution in [0, 0.1) is 0 Å². The van der Waals surface area contributed by atoms with Crippen LogP contribution in [0.4, 0.5) is 0 Å². The van der Waals surface area contributed by atoms with Gasteiger partial charge in [0, 0.05) is 10.9 Å². The summed E-state index contributed by atoms with van der Waals surface area (Å²) in [5, 5.41) is 12.2. The Balaban J connectivity index is 0.00000112. The number of thiazole rings is 1. The number of benzene rings is 1. The second kappa shape index (κ2) is 6.78. The van der Waals surface area contributed by atoms with Crippen LogP contribution >= 0.6 is 11.3 Å². The molecule has 0 spiro atoms. The predicted molar refractivity (Wildman–Crippen MR) is 55.5 cm³/mol. The zero-order chi connectivity index (χ0) is 9.97. The van der Waals surface area contributed by atoms with Gasteiger partial charge in [-0.3, -0.25) is 0 Å². The Morgan fingerprint density at radius 1 is 1.25 bits per heavy atom. The average molecular weight is 245 g/mol. The molecule has 1 aromatic heterocycles. The molecule has 6 heteroatoms. The van der Waals surface area contributed by atoms with Gasteiger partial charge in [0.1, 0.15) is 11.0 Å². The largest absolute Gasteiger partial charge is 1.00 e. The molecule has 0 unspecified atom stereocenters. The molecular weight excluding hydrogens is 237 g/mol. The zero-order valence-electron chi connectivity index (χ0n) is 8.64. The maximum absolute atomic E-state index is 10.5. The number of carboxylic acid groups (broad SMARTS) is 1. The van der Waals surface area contributed by atoms with E-state index in [-0.39, 0.29) is 40.0 Å². The van der Waals surface area contributed by atoms with Gasteiger partial charge in [0.2, 0.25) is 0 Å². The Bertz CT molecular complexity index is 458.